The van der Waals surface area contributed by atoms with Crippen molar-refractivity contribution in [2.75, 3.05) is 139 Å². The van der Waals surface area contributed by atoms with Crippen molar-refractivity contribution in [3.63, 3.8) is 0 Å². The molecule has 0 heterocycles. The molecule has 506 valence electrons. The van der Waals surface area contributed by atoms with Crippen molar-refractivity contribution < 1.29 is 209 Å². The van der Waals surface area contributed by atoms with Gasteiger partial charge in [0.2, 0.25) is 0 Å². The highest BCUT2D eigenvalue weighted by atomic mass is 31.2. The predicted molar refractivity (Wildman–Crippen MR) is 242 cm³/mol. The summed E-state index contributed by atoms with van der Waals surface area (Å²) in [5.74, 6) is -5.89. The maximum atomic E-state index is 13.4. The van der Waals surface area contributed by atoms with Gasteiger partial charge in [-0.2, -0.15) is 0 Å². The lowest BCUT2D eigenvalue weighted by Gasteiger charge is -2.29. The second-order valence-electron chi connectivity index (χ2n) is 14.1. The van der Waals surface area contributed by atoms with Gasteiger partial charge in [0.05, 0.1) is 139 Å². The van der Waals surface area contributed by atoms with E-state index in [-0.39, 0.29) is 19.8 Å². The van der Waals surface area contributed by atoms with Crippen molar-refractivity contribution in [2.24, 2.45) is 23.7 Å². The van der Waals surface area contributed by atoms with Gasteiger partial charge in [0.15, 0.2) is 0 Å². The van der Waals surface area contributed by atoms with Gasteiger partial charge in [-0.3, -0.25) is 63.2 Å². The van der Waals surface area contributed by atoms with Crippen LogP contribution in [0.5, 0.6) is 0 Å². The summed E-state index contributed by atoms with van der Waals surface area (Å²) in [5.41, 5.74) is 0. The van der Waals surface area contributed by atoms with Gasteiger partial charge in [-0.1, -0.05) is 0 Å². The van der Waals surface area contributed by atoms with E-state index in [1.807, 2.05) is 0 Å². The third-order valence-electron chi connectivity index (χ3n) is 7.04. The molecule has 0 aromatic heterocycles. The maximum absolute atomic E-state index is 13.4. The summed E-state index contributed by atoms with van der Waals surface area (Å²) >= 11 is 0. The van der Waals surface area contributed by atoms with Crippen LogP contribution in [0.3, 0.4) is 0 Å². The Morgan fingerprint density at radius 2 is 0.446 bits per heavy atom. The van der Waals surface area contributed by atoms with Crippen molar-refractivity contribution in [3.05, 3.63) is 0 Å². The average molecular weight is 1440 g/mol. The van der Waals surface area contributed by atoms with Gasteiger partial charge in [-0.25, -0.2) is 0 Å². The van der Waals surface area contributed by atoms with Crippen molar-refractivity contribution in [1.82, 2.24) is 0 Å². The summed E-state index contributed by atoms with van der Waals surface area (Å²) in [6.07, 6.45) is 0. The molecule has 55 heteroatoms. The molecule has 41 nitrogen and oxygen atoms in total. The molecule has 0 radical (unpaired) electrons. The Labute approximate surface area is 469 Å². The molecular formula is C28H60F4O41P10-10. The molecule has 5 N–H and O–H groups in total. The molecule has 0 aliphatic carbocycles. The summed E-state index contributed by atoms with van der Waals surface area (Å²) in [5, 5.41) is 8.80. The molecule has 0 aliphatic rings. The molecule has 0 aromatic carbocycles. The van der Waals surface area contributed by atoms with Gasteiger partial charge in [0.1, 0.15) is 0 Å². The summed E-state index contributed by atoms with van der Waals surface area (Å²) < 4.78 is 229. The normalized spacial score (nSPS) is 20.6. The van der Waals surface area contributed by atoms with Crippen molar-refractivity contribution in [2.45, 2.75) is 20.8 Å². The van der Waals surface area contributed by atoms with Crippen LogP contribution in [0.15, 0.2) is 0 Å². The number of rotatable bonds is 47. The Kier molecular flexibility index (Phi) is 49.9. The van der Waals surface area contributed by atoms with Crippen LogP contribution >= 0.6 is 78.2 Å². The van der Waals surface area contributed by atoms with E-state index < -0.39 is 221 Å². The van der Waals surface area contributed by atoms with Crippen LogP contribution in [0.2, 0.25) is 0 Å². The SMILES string of the molecule is CCOP(=O)([O-])O.CCOP(=O)([O-])O.CCOP(=O)([O-])O.O=P([O-])(O)OCC(CF)COP(=O)([O-])OCCOP(=O)([O-])OCC(CF)COP(=O)([O-])OCCOP(=O)([O-])OCC(CF)COP(=O)([O-])OCCOP(=O)([O-])OCC(CO)CF. The lowest BCUT2D eigenvalue weighted by Crippen LogP contribution is -2.23. The summed E-state index contributed by atoms with van der Waals surface area (Å²) in [6, 6.07) is 0. The van der Waals surface area contributed by atoms with Crippen LogP contribution in [-0.4, -0.2) is 164 Å². The molecule has 0 saturated carbocycles. The minimum atomic E-state index is -5.37. The number of hydrogen-bond donors (Lipinski definition) is 5. The van der Waals surface area contributed by atoms with Gasteiger partial charge in [-0.05, 0) is 20.8 Å². The number of aliphatic hydroxyl groups excluding tert-OH is 1. The lowest BCUT2D eigenvalue weighted by atomic mass is 10.2. The molecular weight excluding hydrogens is 1380 g/mol. The second-order valence-corrected chi connectivity index (χ2v) is 27.4. The number of aliphatic hydroxyl groups is 1. The van der Waals surface area contributed by atoms with E-state index >= 15 is 0 Å². The highest BCUT2D eigenvalue weighted by Crippen LogP contribution is 2.45. The van der Waals surface area contributed by atoms with Gasteiger partial charge in [0.25, 0.3) is 78.2 Å². The minimum absolute atomic E-state index is 0.0166. The number of phosphoric ester groups is 10. The first-order chi connectivity index (χ1) is 37.7. The van der Waals surface area contributed by atoms with Gasteiger partial charge < -0.3 is 146 Å². The van der Waals surface area contributed by atoms with E-state index in [0.29, 0.717) is 0 Å². The Morgan fingerprint density at radius 3 is 0.566 bits per heavy atom. The van der Waals surface area contributed by atoms with Crippen LogP contribution < -0.4 is 48.9 Å². The molecule has 0 saturated heterocycles. The average Bonchev–Trinajstić information content (AvgIpc) is 3.33. The van der Waals surface area contributed by atoms with Crippen molar-refractivity contribution >= 4 is 78.2 Å². The zero-order chi connectivity index (χ0) is 65.5. The van der Waals surface area contributed by atoms with Crippen LogP contribution in [0.4, 0.5) is 17.6 Å². The van der Waals surface area contributed by atoms with E-state index in [4.69, 9.17) is 24.7 Å². The Hall–Kier alpha value is 0.780. The molecule has 0 aliphatic heterocycles. The summed E-state index contributed by atoms with van der Waals surface area (Å²) in [6.45, 7) is -15.2. The summed E-state index contributed by atoms with van der Waals surface area (Å²) in [7, 11) is -50.1. The van der Waals surface area contributed by atoms with Crippen LogP contribution in [-0.2, 0) is 118 Å². The molecule has 0 fully saturated rings. The van der Waals surface area contributed by atoms with E-state index in [1.54, 1.807) is 0 Å². The fourth-order valence-corrected chi connectivity index (χ4v) is 9.52. The lowest BCUT2D eigenvalue weighted by molar-refractivity contribution is -0.237. The molecule has 0 aromatic rings. The third kappa shape index (κ3) is 64.1. The second kappa shape index (κ2) is 45.9. The first kappa shape index (κ1) is 90.2. The molecule has 0 bridgehead atoms. The topological polar surface area (TPSA) is 650 Å². The van der Waals surface area contributed by atoms with Crippen molar-refractivity contribution in [1.29, 1.82) is 0 Å². The zero-order valence-electron chi connectivity index (χ0n) is 43.1. The van der Waals surface area contributed by atoms with Crippen LogP contribution in [0.25, 0.3) is 0 Å². The Bertz CT molecular complexity index is 2140. The molecule has 0 amide bonds. The number of alkyl halides is 4. The van der Waals surface area contributed by atoms with Crippen LogP contribution in [0, 0.1) is 23.7 Å². The highest BCUT2D eigenvalue weighted by Gasteiger charge is 2.23. The number of hydrogen-bond acceptors (Lipinski definition) is 37. The largest absolute Gasteiger partial charge is 0.756 e. The van der Waals surface area contributed by atoms with Gasteiger partial charge in [-0.15, -0.1) is 0 Å². The molecule has 83 heavy (non-hydrogen) atoms. The first-order valence-corrected chi connectivity index (χ1v) is 36.6. The minimum Gasteiger partial charge on any atom is -0.756 e. The molecule has 0 spiro atoms. The van der Waals surface area contributed by atoms with Crippen LogP contribution in [0.1, 0.15) is 20.8 Å². The van der Waals surface area contributed by atoms with E-state index in [1.165, 1.54) is 20.8 Å². The Morgan fingerprint density at radius 1 is 0.289 bits per heavy atom. The molecule has 14 atom stereocenters. The summed E-state index contributed by atoms with van der Waals surface area (Å²) in [4.78, 5) is 142. The van der Waals surface area contributed by atoms with Crippen molar-refractivity contribution in [3.8, 4) is 0 Å². The van der Waals surface area contributed by atoms with E-state index in [0.717, 1.165) is 0 Å². The highest BCUT2D eigenvalue weighted by molar-refractivity contribution is 7.47. The van der Waals surface area contributed by atoms with Gasteiger partial charge in [0, 0.05) is 23.7 Å². The Balaban J connectivity index is -0.00000124. The number of halogens is 4. The quantitative estimate of drug-likeness (QED) is 0.0222. The van der Waals surface area contributed by atoms with Gasteiger partial charge >= 0.3 is 0 Å². The van der Waals surface area contributed by atoms with E-state index in [2.05, 4.69) is 72.4 Å². The maximum Gasteiger partial charge on any atom is 0.267 e. The molecule has 14 unspecified atom stereocenters. The molecule has 0 rings (SSSR count). The predicted octanol–water partition coefficient (Wildman–Crippen LogP) is -3.74. The monoisotopic (exact) mass is 1440 g/mol. The standard InChI is InChI=1S/C22H49F4O29P7.3C2H7O4P/c23-7-19(11-27)12-50-57(31,32)43-1-2-45-59(35,36)52-15-21(9-25)16-54-61(39,40)47-5-6-48-62(41,42)55-18-22(10-26)17-53-60(37,38)46-4-3-44-58(33,34)51-14-20(8-24)13-49-56(28,29)30;3*1-2-6-7(3,4)5/h19-22,27H,1-18H2,(H,31,32)(H,33,34)(H,35,36)(H,37,38)(H,39,40)(H,41,42)(H2,28,29,30);3*2H2,1H3,(H2,3,4,5)/p-10. The van der Waals surface area contributed by atoms with E-state index in [9.17, 15) is 112 Å². The fraction of sp³-hybridized carbons (Fsp3) is 1.00. The number of phosphoric acid groups is 10. The third-order valence-corrected chi connectivity index (χ3v) is 15.1. The zero-order valence-corrected chi connectivity index (χ0v) is 52.0. The first-order valence-electron chi connectivity index (χ1n) is 21.9. The fourth-order valence-electron chi connectivity index (χ4n) is 3.54. The smallest absolute Gasteiger partial charge is 0.267 e.